The van der Waals surface area contributed by atoms with Crippen molar-refractivity contribution in [1.82, 2.24) is 0 Å². The molecule has 11 heteroatoms. The van der Waals surface area contributed by atoms with Gasteiger partial charge < -0.3 is 19.0 Å². The summed E-state index contributed by atoms with van der Waals surface area (Å²) in [4.78, 5) is 12.7. The molecule has 0 atom stereocenters. The molecule has 6 aromatic rings. The van der Waals surface area contributed by atoms with E-state index in [1.54, 1.807) is 48.5 Å². The van der Waals surface area contributed by atoms with Crippen molar-refractivity contribution < 1.29 is 30.0 Å². The highest BCUT2D eigenvalue weighted by molar-refractivity contribution is 7.87. The van der Waals surface area contributed by atoms with Gasteiger partial charge in [-0.15, -0.1) is 0 Å². The van der Waals surface area contributed by atoms with Crippen LogP contribution in [-0.4, -0.2) is 22.9 Å². The van der Waals surface area contributed by atoms with Crippen molar-refractivity contribution in [2.45, 2.75) is 9.79 Å². The summed E-state index contributed by atoms with van der Waals surface area (Å²) in [5.41, 5.74) is 0.651. The standard InChI is InChI=1S/C33H24N2O7S2/c36-33(34-25-18-20-27(21-19-25)41-43(37,38)31-16-5-10-23-8-1-3-14-29(23)31)35-26-12-7-13-28(22-26)42-44(39,40)32-17-6-11-24-9-2-4-15-30(24)32/h1-22H,(H2,34,35,36). The van der Waals surface area contributed by atoms with Crippen molar-refractivity contribution in [3.8, 4) is 11.5 Å². The van der Waals surface area contributed by atoms with Crippen LogP contribution in [0.25, 0.3) is 21.5 Å². The lowest BCUT2D eigenvalue weighted by Gasteiger charge is -2.12. The van der Waals surface area contributed by atoms with E-state index < -0.39 is 26.3 Å². The molecule has 0 heterocycles. The van der Waals surface area contributed by atoms with Crippen molar-refractivity contribution >= 4 is 59.2 Å². The minimum atomic E-state index is -4.16. The summed E-state index contributed by atoms with van der Waals surface area (Å²) in [5.74, 6) is 0.0887. The molecule has 0 saturated carbocycles. The Labute approximate surface area is 253 Å². The summed E-state index contributed by atoms with van der Waals surface area (Å²) in [6.45, 7) is 0. The average Bonchev–Trinajstić information content (AvgIpc) is 3.01. The van der Waals surface area contributed by atoms with E-state index in [0.717, 1.165) is 10.8 Å². The first kappa shape index (κ1) is 28.7. The Morgan fingerprint density at radius 2 is 0.955 bits per heavy atom. The second kappa shape index (κ2) is 11.7. The minimum Gasteiger partial charge on any atom is -0.379 e. The lowest BCUT2D eigenvalue weighted by molar-refractivity contribution is 0.262. The van der Waals surface area contributed by atoms with Crippen LogP contribution >= 0.6 is 0 Å². The van der Waals surface area contributed by atoms with Crippen LogP contribution in [0.3, 0.4) is 0 Å². The topological polar surface area (TPSA) is 128 Å². The maximum absolute atomic E-state index is 13.1. The van der Waals surface area contributed by atoms with E-state index in [4.69, 9.17) is 8.37 Å². The minimum absolute atomic E-state index is 0.0182. The van der Waals surface area contributed by atoms with Crippen LogP contribution in [0.15, 0.2) is 143 Å². The molecule has 0 radical (unpaired) electrons. The summed E-state index contributed by atoms with van der Waals surface area (Å²) >= 11 is 0. The van der Waals surface area contributed by atoms with Crippen molar-refractivity contribution in [2.75, 3.05) is 10.6 Å². The highest BCUT2D eigenvalue weighted by atomic mass is 32.2. The Bertz CT molecular complexity index is 2220. The van der Waals surface area contributed by atoms with E-state index in [1.807, 2.05) is 36.4 Å². The number of fused-ring (bicyclic) bond motifs is 2. The SMILES string of the molecule is O=C(Nc1ccc(OS(=O)(=O)c2cccc3ccccc23)cc1)Nc1cccc(OS(=O)(=O)c2cccc3ccccc23)c1. The smallest absolute Gasteiger partial charge is 0.339 e. The average molecular weight is 625 g/mol. The maximum atomic E-state index is 13.1. The quantitative estimate of drug-likeness (QED) is 0.172. The Morgan fingerprint density at radius 1 is 0.477 bits per heavy atom. The van der Waals surface area contributed by atoms with Gasteiger partial charge in [0.25, 0.3) is 0 Å². The first-order valence-corrected chi connectivity index (χ1v) is 16.1. The van der Waals surface area contributed by atoms with Crippen LogP contribution in [0.5, 0.6) is 11.5 Å². The van der Waals surface area contributed by atoms with E-state index in [-0.39, 0.29) is 27.0 Å². The Morgan fingerprint density at radius 3 is 1.55 bits per heavy atom. The molecule has 44 heavy (non-hydrogen) atoms. The molecule has 2 amide bonds. The fraction of sp³-hybridized carbons (Fsp3) is 0. The predicted octanol–water partition coefficient (Wildman–Crippen LogP) is 7.17. The summed E-state index contributed by atoms with van der Waals surface area (Å²) in [6.07, 6.45) is 0. The molecule has 2 N–H and O–H groups in total. The van der Waals surface area contributed by atoms with Crippen molar-refractivity contribution in [1.29, 1.82) is 0 Å². The fourth-order valence-electron chi connectivity index (χ4n) is 4.68. The number of hydrogen-bond donors (Lipinski definition) is 2. The zero-order valence-electron chi connectivity index (χ0n) is 22.9. The second-order valence-corrected chi connectivity index (χ2v) is 12.7. The summed E-state index contributed by atoms with van der Waals surface area (Å²) < 4.78 is 62.8. The summed E-state index contributed by atoms with van der Waals surface area (Å²) in [7, 11) is -8.28. The first-order valence-electron chi connectivity index (χ1n) is 13.3. The van der Waals surface area contributed by atoms with E-state index in [1.165, 1.54) is 48.5 Å². The number of anilines is 2. The van der Waals surface area contributed by atoms with E-state index in [9.17, 15) is 21.6 Å². The van der Waals surface area contributed by atoms with Crippen molar-refractivity contribution in [2.24, 2.45) is 0 Å². The number of urea groups is 1. The van der Waals surface area contributed by atoms with Gasteiger partial charge in [0, 0.05) is 28.2 Å². The molecule has 0 saturated heterocycles. The Balaban J connectivity index is 1.11. The zero-order chi connectivity index (χ0) is 30.7. The molecule has 220 valence electrons. The van der Waals surface area contributed by atoms with Crippen LogP contribution in [-0.2, 0) is 20.2 Å². The third-order valence-corrected chi connectivity index (χ3v) is 9.27. The molecular weight excluding hydrogens is 601 g/mol. The normalized spacial score (nSPS) is 11.6. The maximum Gasteiger partial charge on any atom is 0.339 e. The molecule has 0 bridgehead atoms. The molecule has 0 aliphatic carbocycles. The van der Waals surface area contributed by atoms with Gasteiger partial charge in [0.2, 0.25) is 0 Å². The fourth-order valence-corrected chi connectivity index (χ4v) is 6.99. The van der Waals surface area contributed by atoms with Crippen LogP contribution in [0, 0.1) is 0 Å². The molecule has 0 aromatic heterocycles. The number of rotatable bonds is 8. The van der Waals surface area contributed by atoms with Gasteiger partial charge in [0.15, 0.2) is 0 Å². The molecule has 6 aromatic carbocycles. The molecule has 0 unspecified atom stereocenters. The summed E-state index contributed by atoms with van der Waals surface area (Å²) in [6, 6.07) is 35.3. The van der Waals surface area contributed by atoms with E-state index in [2.05, 4.69) is 10.6 Å². The van der Waals surface area contributed by atoms with Gasteiger partial charge in [-0.3, -0.25) is 0 Å². The lowest BCUT2D eigenvalue weighted by atomic mass is 10.1. The zero-order valence-corrected chi connectivity index (χ0v) is 24.5. The van der Waals surface area contributed by atoms with Crippen molar-refractivity contribution in [3.05, 3.63) is 133 Å². The Kier molecular flexibility index (Phi) is 7.64. The molecular formula is C33H24N2O7S2. The van der Waals surface area contributed by atoms with Gasteiger partial charge in [-0.1, -0.05) is 78.9 Å². The van der Waals surface area contributed by atoms with Gasteiger partial charge in [-0.25, -0.2) is 4.79 Å². The van der Waals surface area contributed by atoms with E-state index >= 15 is 0 Å². The third-order valence-electron chi connectivity index (χ3n) is 6.65. The summed E-state index contributed by atoms with van der Waals surface area (Å²) in [5, 5.41) is 7.87. The first-order chi connectivity index (χ1) is 21.2. The largest absolute Gasteiger partial charge is 0.379 e. The molecule has 0 fully saturated rings. The number of amides is 2. The van der Waals surface area contributed by atoms with Gasteiger partial charge in [0.1, 0.15) is 21.3 Å². The molecule has 6 rings (SSSR count). The number of nitrogens with one attached hydrogen (secondary N) is 2. The predicted molar refractivity (Wildman–Crippen MR) is 169 cm³/mol. The van der Waals surface area contributed by atoms with E-state index in [0.29, 0.717) is 16.5 Å². The van der Waals surface area contributed by atoms with Crippen LogP contribution < -0.4 is 19.0 Å². The third kappa shape index (κ3) is 6.19. The molecule has 0 spiro atoms. The number of carbonyl (C=O) groups excluding carboxylic acids is 1. The number of benzene rings is 6. The van der Waals surface area contributed by atoms with Gasteiger partial charge >= 0.3 is 26.3 Å². The highest BCUT2D eigenvalue weighted by Crippen LogP contribution is 2.29. The molecule has 0 aliphatic heterocycles. The van der Waals surface area contributed by atoms with Crippen LogP contribution in [0.1, 0.15) is 0 Å². The van der Waals surface area contributed by atoms with Crippen LogP contribution in [0.4, 0.5) is 16.2 Å². The lowest BCUT2D eigenvalue weighted by Crippen LogP contribution is -2.19. The molecule has 0 aliphatic rings. The van der Waals surface area contributed by atoms with Gasteiger partial charge in [0.05, 0.1) is 0 Å². The second-order valence-electron chi connectivity index (χ2n) is 9.66. The number of carbonyl (C=O) groups is 1. The monoisotopic (exact) mass is 624 g/mol. The highest BCUT2D eigenvalue weighted by Gasteiger charge is 2.21. The van der Waals surface area contributed by atoms with Gasteiger partial charge in [-0.2, -0.15) is 16.8 Å². The molecule has 9 nitrogen and oxygen atoms in total. The van der Waals surface area contributed by atoms with Crippen molar-refractivity contribution in [3.63, 3.8) is 0 Å². The van der Waals surface area contributed by atoms with Crippen LogP contribution in [0.2, 0.25) is 0 Å². The van der Waals surface area contributed by atoms with Gasteiger partial charge in [-0.05, 0) is 59.3 Å². The Hall–Kier alpha value is -5.39. The number of hydrogen-bond acceptors (Lipinski definition) is 7.